The first-order chi connectivity index (χ1) is 10.7. The summed E-state index contributed by atoms with van der Waals surface area (Å²) in [5.41, 5.74) is 1.63. The SMILES string of the molecule is O=C(C[C@@H]1CCCN1Cc1cncc(F)c1)c1ccccc1. The van der Waals surface area contributed by atoms with E-state index in [4.69, 9.17) is 0 Å². The van der Waals surface area contributed by atoms with Crippen molar-refractivity contribution in [2.24, 2.45) is 0 Å². The van der Waals surface area contributed by atoms with Gasteiger partial charge in [-0.2, -0.15) is 0 Å². The lowest BCUT2D eigenvalue weighted by molar-refractivity contribution is 0.0938. The summed E-state index contributed by atoms with van der Waals surface area (Å²) in [5, 5.41) is 0. The number of hydrogen-bond donors (Lipinski definition) is 0. The van der Waals surface area contributed by atoms with Crippen molar-refractivity contribution in [2.75, 3.05) is 6.54 Å². The topological polar surface area (TPSA) is 33.2 Å². The molecule has 3 nitrogen and oxygen atoms in total. The molecule has 1 aromatic heterocycles. The third-order valence-electron chi connectivity index (χ3n) is 4.16. The van der Waals surface area contributed by atoms with Crippen LogP contribution in [-0.2, 0) is 6.54 Å². The first kappa shape index (κ1) is 14.9. The average Bonchev–Trinajstić information content (AvgIpc) is 2.95. The van der Waals surface area contributed by atoms with Crippen molar-refractivity contribution in [3.05, 3.63) is 65.7 Å². The molecule has 22 heavy (non-hydrogen) atoms. The molecule has 3 rings (SSSR count). The fraction of sp³-hybridized carbons (Fsp3) is 0.333. The van der Waals surface area contributed by atoms with Crippen LogP contribution in [0, 0.1) is 5.82 Å². The monoisotopic (exact) mass is 298 g/mol. The number of nitrogens with zero attached hydrogens (tertiary/aromatic N) is 2. The Balaban J connectivity index is 1.65. The van der Waals surface area contributed by atoms with E-state index in [0.717, 1.165) is 30.5 Å². The van der Waals surface area contributed by atoms with Gasteiger partial charge < -0.3 is 0 Å². The Morgan fingerprint density at radius 3 is 2.86 bits per heavy atom. The van der Waals surface area contributed by atoms with E-state index in [9.17, 15) is 9.18 Å². The van der Waals surface area contributed by atoms with Gasteiger partial charge >= 0.3 is 0 Å². The number of carbonyl (C=O) groups is 1. The molecule has 0 spiro atoms. The predicted octanol–water partition coefficient (Wildman–Crippen LogP) is 3.46. The maximum absolute atomic E-state index is 13.2. The van der Waals surface area contributed by atoms with E-state index >= 15 is 0 Å². The van der Waals surface area contributed by atoms with E-state index < -0.39 is 0 Å². The molecule has 0 aliphatic carbocycles. The van der Waals surface area contributed by atoms with E-state index in [1.165, 1.54) is 12.3 Å². The molecule has 1 saturated heterocycles. The number of benzene rings is 1. The molecule has 0 N–H and O–H groups in total. The molecule has 2 aromatic rings. The summed E-state index contributed by atoms with van der Waals surface area (Å²) < 4.78 is 13.2. The maximum Gasteiger partial charge on any atom is 0.164 e. The van der Waals surface area contributed by atoms with Crippen molar-refractivity contribution in [1.29, 1.82) is 0 Å². The molecule has 1 atom stereocenters. The minimum absolute atomic E-state index is 0.176. The highest BCUT2D eigenvalue weighted by molar-refractivity contribution is 5.96. The molecule has 1 aliphatic heterocycles. The molecular formula is C18H19FN2O. The van der Waals surface area contributed by atoms with Crippen molar-refractivity contribution >= 4 is 5.78 Å². The number of halogens is 1. The highest BCUT2D eigenvalue weighted by Crippen LogP contribution is 2.24. The van der Waals surface area contributed by atoms with E-state index in [2.05, 4.69) is 9.88 Å². The molecule has 2 heterocycles. The van der Waals surface area contributed by atoms with Gasteiger partial charge in [-0.1, -0.05) is 30.3 Å². The van der Waals surface area contributed by atoms with Gasteiger partial charge in [0.1, 0.15) is 5.82 Å². The third kappa shape index (κ3) is 3.57. The second-order valence-electron chi connectivity index (χ2n) is 5.77. The van der Waals surface area contributed by atoms with Gasteiger partial charge in [0, 0.05) is 30.8 Å². The zero-order valence-corrected chi connectivity index (χ0v) is 12.4. The smallest absolute Gasteiger partial charge is 0.164 e. The number of likely N-dealkylation sites (tertiary alicyclic amines) is 1. The van der Waals surface area contributed by atoms with E-state index in [-0.39, 0.29) is 17.6 Å². The molecule has 1 aromatic carbocycles. The quantitative estimate of drug-likeness (QED) is 0.793. The van der Waals surface area contributed by atoms with Gasteiger partial charge in [0.05, 0.1) is 6.20 Å². The molecule has 0 radical (unpaired) electrons. The Morgan fingerprint density at radius 1 is 1.27 bits per heavy atom. The molecular weight excluding hydrogens is 279 g/mol. The van der Waals surface area contributed by atoms with Crippen LogP contribution >= 0.6 is 0 Å². The molecule has 0 bridgehead atoms. The van der Waals surface area contributed by atoms with Gasteiger partial charge in [-0.05, 0) is 31.0 Å². The van der Waals surface area contributed by atoms with Gasteiger partial charge in [0.25, 0.3) is 0 Å². The van der Waals surface area contributed by atoms with Crippen molar-refractivity contribution < 1.29 is 9.18 Å². The summed E-state index contributed by atoms with van der Waals surface area (Å²) in [7, 11) is 0. The fourth-order valence-electron chi connectivity index (χ4n) is 3.07. The number of aromatic nitrogens is 1. The van der Waals surface area contributed by atoms with Crippen LogP contribution in [0.5, 0.6) is 0 Å². The number of carbonyl (C=O) groups excluding carboxylic acids is 1. The Kier molecular flexibility index (Phi) is 4.59. The summed E-state index contributed by atoms with van der Waals surface area (Å²) >= 11 is 0. The third-order valence-corrected chi connectivity index (χ3v) is 4.16. The van der Waals surface area contributed by atoms with E-state index in [1.807, 2.05) is 30.3 Å². The van der Waals surface area contributed by atoms with Gasteiger partial charge in [0.15, 0.2) is 5.78 Å². The molecule has 0 amide bonds. The highest BCUT2D eigenvalue weighted by Gasteiger charge is 2.27. The van der Waals surface area contributed by atoms with Crippen LogP contribution in [0.4, 0.5) is 4.39 Å². The van der Waals surface area contributed by atoms with Crippen LogP contribution in [0.25, 0.3) is 0 Å². The first-order valence-electron chi connectivity index (χ1n) is 7.64. The second kappa shape index (κ2) is 6.79. The van der Waals surface area contributed by atoms with Crippen molar-refractivity contribution in [3.8, 4) is 0 Å². The van der Waals surface area contributed by atoms with Crippen molar-refractivity contribution in [3.63, 3.8) is 0 Å². The Morgan fingerprint density at radius 2 is 2.09 bits per heavy atom. The molecule has 4 heteroatoms. The summed E-state index contributed by atoms with van der Waals surface area (Å²) in [6.07, 6.45) is 5.52. The van der Waals surface area contributed by atoms with Crippen molar-refractivity contribution in [1.82, 2.24) is 9.88 Å². The minimum atomic E-state index is -0.311. The van der Waals surface area contributed by atoms with Gasteiger partial charge in [-0.15, -0.1) is 0 Å². The fourth-order valence-corrected chi connectivity index (χ4v) is 3.07. The minimum Gasteiger partial charge on any atom is -0.296 e. The zero-order valence-electron chi connectivity index (χ0n) is 12.4. The molecule has 114 valence electrons. The summed E-state index contributed by atoms with van der Waals surface area (Å²) in [6.45, 7) is 1.60. The predicted molar refractivity (Wildman–Crippen MR) is 83.0 cm³/mol. The zero-order chi connectivity index (χ0) is 15.4. The lowest BCUT2D eigenvalue weighted by Crippen LogP contribution is -2.31. The number of ketones is 1. The average molecular weight is 298 g/mol. The van der Waals surface area contributed by atoms with E-state index in [1.54, 1.807) is 6.20 Å². The molecule has 1 fully saturated rings. The normalized spacial score (nSPS) is 18.5. The lowest BCUT2D eigenvalue weighted by Gasteiger charge is -2.24. The largest absolute Gasteiger partial charge is 0.296 e. The summed E-state index contributed by atoms with van der Waals surface area (Å²) in [5.74, 6) is -0.136. The van der Waals surface area contributed by atoms with Crippen molar-refractivity contribution in [2.45, 2.75) is 31.8 Å². The Bertz CT molecular complexity index is 645. The lowest BCUT2D eigenvalue weighted by atomic mass is 10.0. The number of Topliss-reactive ketones (excluding diaryl/α,β-unsaturated/α-hetero) is 1. The van der Waals surface area contributed by atoms with Gasteiger partial charge in [-0.25, -0.2) is 4.39 Å². The molecule has 1 aliphatic rings. The number of rotatable bonds is 5. The van der Waals surface area contributed by atoms with Crippen LogP contribution < -0.4 is 0 Å². The van der Waals surface area contributed by atoms with Crippen LogP contribution in [0.1, 0.15) is 35.2 Å². The van der Waals surface area contributed by atoms with Crippen LogP contribution in [0.3, 0.4) is 0 Å². The molecule has 0 saturated carbocycles. The number of hydrogen-bond acceptors (Lipinski definition) is 3. The Labute approximate surface area is 129 Å². The van der Waals surface area contributed by atoms with Crippen LogP contribution in [-0.4, -0.2) is 28.3 Å². The van der Waals surface area contributed by atoms with Gasteiger partial charge in [0.2, 0.25) is 0 Å². The first-order valence-corrected chi connectivity index (χ1v) is 7.64. The Hall–Kier alpha value is -2.07. The standard InChI is InChI=1S/C18H19FN2O/c19-16-9-14(11-20-12-16)13-21-8-4-7-17(21)10-18(22)15-5-2-1-3-6-15/h1-3,5-6,9,11-12,17H,4,7-8,10,13H2/t17-/m0/s1. The molecule has 0 unspecified atom stereocenters. The van der Waals surface area contributed by atoms with E-state index in [0.29, 0.717) is 13.0 Å². The summed E-state index contributed by atoms with van der Waals surface area (Å²) in [4.78, 5) is 18.5. The number of pyridine rings is 1. The van der Waals surface area contributed by atoms with Crippen LogP contribution in [0.2, 0.25) is 0 Å². The van der Waals surface area contributed by atoms with Gasteiger partial charge in [-0.3, -0.25) is 14.7 Å². The van der Waals surface area contributed by atoms with Crippen LogP contribution in [0.15, 0.2) is 48.8 Å². The second-order valence-corrected chi connectivity index (χ2v) is 5.77. The maximum atomic E-state index is 13.2. The summed E-state index contributed by atoms with van der Waals surface area (Å²) in [6, 6.07) is 11.2. The highest BCUT2D eigenvalue weighted by atomic mass is 19.1.